The minimum atomic E-state index is -4.51. The fourth-order valence-electron chi connectivity index (χ4n) is 1.62. The van der Waals surface area contributed by atoms with Crippen LogP contribution in [0.4, 0.5) is 27.6 Å². The fourth-order valence-corrected chi connectivity index (χ4v) is 1.62. The Hall–Kier alpha value is -2.44. The molecule has 1 N–H and O–H groups in total. The van der Waals surface area contributed by atoms with E-state index in [2.05, 4.69) is 10.5 Å². The zero-order valence-electron chi connectivity index (χ0n) is 10.5. The highest BCUT2D eigenvalue weighted by Gasteiger charge is 2.32. The number of hydrazone groups is 1. The highest BCUT2D eigenvalue weighted by molar-refractivity contribution is 5.82. The standard InChI is InChI=1S/C14H9F5N2/c15-10-5-6-13(12(16)7-10)21-20-8-9-3-1-2-4-11(9)14(17,18)19/h1-8,21H/b20-8+. The van der Waals surface area contributed by atoms with Crippen LogP contribution in [0.2, 0.25) is 0 Å². The first-order chi connectivity index (χ1) is 9.88. The maximum absolute atomic E-state index is 13.3. The van der Waals surface area contributed by atoms with Gasteiger partial charge in [-0.1, -0.05) is 18.2 Å². The van der Waals surface area contributed by atoms with E-state index in [4.69, 9.17) is 0 Å². The SMILES string of the molecule is Fc1ccc(N/N=C/c2ccccc2C(F)(F)F)c(F)c1. The molecular formula is C14H9F5N2. The second-order valence-corrected chi connectivity index (χ2v) is 4.08. The first-order valence-corrected chi connectivity index (χ1v) is 5.78. The van der Waals surface area contributed by atoms with E-state index in [0.29, 0.717) is 6.07 Å². The van der Waals surface area contributed by atoms with Crippen LogP contribution in [0.5, 0.6) is 0 Å². The molecule has 0 bridgehead atoms. The van der Waals surface area contributed by atoms with Crippen LogP contribution < -0.4 is 5.43 Å². The molecule has 0 spiro atoms. The number of anilines is 1. The second-order valence-electron chi connectivity index (χ2n) is 4.08. The van der Waals surface area contributed by atoms with E-state index in [9.17, 15) is 22.0 Å². The van der Waals surface area contributed by atoms with E-state index in [0.717, 1.165) is 24.4 Å². The Morgan fingerprint density at radius 2 is 1.71 bits per heavy atom. The van der Waals surface area contributed by atoms with E-state index >= 15 is 0 Å². The molecule has 0 heterocycles. The number of halogens is 5. The first kappa shape index (κ1) is 15.0. The molecular weight excluding hydrogens is 291 g/mol. The highest BCUT2D eigenvalue weighted by Crippen LogP contribution is 2.31. The third kappa shape index (κ3) is 3.77. The summed E-state index contributed by atoms with van der Waals surface area (Å²) in [5.74, 6) is -1.65. The third-order valence-corrected chi connectivity index (χ3v) is 2.59. The molecule has 0 unspecified atom stereocenters. The van der Waals surface area contributed by atoms with Crippen molar-refractivity contribution in [2.75, 3.05) is 5.43 Å². The van der Waals surface area contributed by atoms with Crippen molar-refractivity contribution in [3.05, 3.63) is 65.2 Å². The normalized spacial score (nSPS) is 11.9. The lowest BCUT2D eigenvalue weighted by Gasteiger charge is -2.09. The van der Waals surface area contributed by atoms with E-state index in [1.54, 1.807) is 0 Å². The van der Waals surface area contributed by atoms with Gasteiger partial charge in [-0.3, -0.25) is 5.43 Å². The minimum Gasteiger partial charge on any atom is -0.276 e. The molecule has 0 saturated carbocycles. The van der Waals surface area contributed by atoms with Gasteiger partial charge in [0, 0.05) is 11.6 Å². The number of alkyl halides is 3. The number of hydrogen-bond donors (Lipinski definition) is 1. The molecule has 0 aliphatic carbocycles. The van der Waals surface area contributed by atoms with Crippen LogP contribution in [0.25, 0.3) is 0 Å². The van der Waals surface area contributed by atoms with Gasteiger partial charge in [0.25, 0.3) is 0 Å². The Labute approximate surface area is 116 Å². The molecule has 2 aromatic rings. The maximum Gasteiger partial charge on any atom is 0.417 e. The van der Waals surface area contributed by atoms with Crippen LogP contribution >= 0.6 is 0 Å². The lowest BCUT2D eigenvalue weighted by atomic mass is 10.1. The highest BCUT2D eigenvalue weighted by atomic mass is 19.4. The molecule has 2 nitrogen and oxygen atoms in total. The largest absolute Gasteiger partial charge is 0.417 e. The van der Waals surface area contributed by atoms with Gasteiger partial charge in [0.2, 0.25) is 0 Å². The van der Waals surface area contributed by atoms with E-state index in [-0.39, 0.29) is 11.3 Å². The predicted molar refractivity (Wildman–Crippen MR) is 69.0 cm³/mol. The summed E-state index contributed by atoms with van der Waals surface area (Å²) in [6, 6.07) is 7.57. The van der Waals surface area contributed by atoms with Crippen molar-refractivity contribution in [1.82, 2.24) is 0 Å². The van der Waals surface area contributed by atoms with Gasteiger partial charge < -0.3 is 0 Å². The Balaban J connectivity index is 2.19. The number of nitrogens with one attached hydrogen (secondary N) is 1. The summed E-state index contributed by atoms with van der Waals surface area (Å²) in [5, 5.41) is 3.54. The van der Waals surface area contributed by atoms with Gasteiger partial charge in [-0.25, -0.2) is 8.78 Å². The molecule has 2 rings (SSSR count). The van der Waals surface area contributed by atoms with Crippen LogP contribution in [0.3, 0.4) is 0 Å². The second kappa shape index (κ2) is 5.90. The smallest absolute Gasteiger partial charge is 0.276 e. The lowest BCUT2D eigenvalue weighted by molar-refractivity contribution is -0.137. The summed E-state index contributed by atoms with van der Waals surface area (Å²) in [4.78, 5) is 0. The number of benzene rings is 2. The van der Waals surface area contributed by atoms with E-state index < -0.39 is 23.4 Å². The zero-order chi connectivity index (χ0) is 15.5. The van der Waals surface area contributed by atoms with Crippen LogP contribution in [0.15, 0.2) is 47.6 Å². The molecule has 2 aromatic carbocycles. The van der Waals surface area contributed by atoms with Crippen LogP contribution in [-0.2, 0) is 6.18 Å². The Bertz CT molecular complexity index is 665. The lowest BCUT2D eigenvalue weighted by Crippen LogP contribution is -2.09. The Morgan fingerprint density at radius 1 is 1.00 bits per heavy atom. The van der Waals surface area contributed by atoms with Gasteiger partial charge in [0.05, 0.1) is 17.5 Å². The molecule has 0 atom stereocenters. The van der Waals surface area contributed by atoms with Crippen molar-refractivity contribution in [2.24, 2.45) is 5.10 Å². The molecule has 0 aliphatic heterocycles. The average molecular weight is 300 g/mol. The molecule has 110 valence electrons. The molecule has 0 saturated heterocycles. The number of hydrogen-bond acceptors (Lipinski definition) is 2. The molecule has 0 aliphatic rings. The summed E-state index contributed by atoms with van der Waals surface area (Å²) in [5.41, 5.74) is 1.07. The summed E-state index contributed by atoms with van der Waals surface area (Å²) in [6.45, 7) is 0. The van der Waals surface area contributed by atoms with Crippen molar-refractivity contribution in [3.8, 4) is 0 Å². The summed E-state index contributed by atoms with van der Waals surface area (Å²) < 4.78 is 64.1. The van der Waals surface area contributed by atoms with Crippen LogP contribution in [0, 0.1) is 11.6 Å². The number of rotatable bonds is 3. The zero-order valence-corrected chi connectivity index (χ0v) is 10.5. The third-order valence-electron chi connectivity index (χ3n) is 2.59. The van der Waals surface area contributed by atoms with Gasteiger partial charge in [0.1, 0.15) is 5.82 Å². The predicted octanol–water partition coefficient (Wildman–Crippen LogP) is 4.43. The maximum atomic E-state index is 13.3. The van der Waals surface area contributed by atoms with Gasteiger partial charge in [-0.05, 0) is 18.2 Å². The molecule has 0 radical (unpaired) electrons. The summed E-state index contributed by atoms with van der Waals surface area (Å²) in [7, 11) is 0. The van der Waals surface area contributed by atoms with Crippen LogP contribution in [0.1, 0.15) is 11.1 Å². The van der Waals surface area contributed by atoms with Crippen molar-refractivity contribution < 1.29 is 22.0 Å². The van der Waals surface area contributed by atoms with E-state index in [1.165, 1.54) is 18.2 Å². The average Bonchev–Trinajstić information content (AvgIpc) is 2.41. The molecule has 0 amide bonds. The van der Waals surface area contributed by atoms with Gasteiger partial charge >= 0.3 is 6.18 Å². The molecule has 0 fully saturated rings. The first-order valence-electron chi connectivity index (χ1n) is 5.78. The van der Waals surface area contributed by atoms with Crippen molar-refractivity contribution in [2.45, 2.75) is 6.18 Å². The van der Waals surface area contributed by atoms with E-state index in [1.807, 2.05) is 0 Å². The van der Waals surface area contributed by atoms with Crippen LogP contribution in [-0.4, -0.2) is 6.21 Å². The molecule has 7 heteroatoms. The number of nitrogens with zero attached hydrogens (tertiary/aromatic N) is 1. The van der Waals surface area contributed by atoms with Gasteiger partial charge in [-0.2, -0.15) is 18.3 Å². The van der Waals surface area contributed by atoms with Gasteiger partial charge in [-0.15, -0.1) is 0 Å². The molecule has 21 heavy (non-hydrogen) atoms. The van der Waals surface area contributed by atoms with Crippen molar-refractivity contribution >= 4 is 11.9 Å². The van der Waals surface area contributed by atoms with Crippen molar-refractivity contribution in [3.63, 3.8) is 0 Å². The fraction of sp³-hybridized carbons (Fsp3) is 0.0714. The monoisotopic (exact) mass is 300 g/mol. The summed E-state index contributed by atoms with van der Waals surface area (Å²) >= 11 is 0. The minimum absolute atomic E-state index is 0.142. The Kier molecular flexibility index (Phi) is 4.21. The van der Waals surface area contributed by atoms with Gasteiger partial charge in [0.15, 0.2) is 5.82 Å². The van der Waals surface area contributed by atoms with Crippen molar-refractivity contribution in [1.29, 1.82) is 0 Å². The topological polar surface area (TPSA) is 24.4 Å². The molecule has 0 aromatic heterocycles. The Morgan fingerprint density at radius 3 is 2.38 bits per heavy atom. The quantitative estimate of drug-likeness (QED) is 0.506. The summed E-state index contributed by atoms with van der Waals surface area (Å²) in [6.07, 6.45) is -3.59.